The fraction of sp³-hybridized carbons (Fsp3) is 0.462. The van der Waals surface area contributed by atoms with Crippen molar-refractivity contribution in [2.45, 2.75) is 45.1 Å². The summed E-state index contributed by atoms with van der Waals surface area (Å²) in [6.07, 6.45) is 0.780. The Hall–Kier alpha value is -2.70. The van der Waals surface area contributed by atoms with Crippen molar-refractivity contribution in [1.82, 2.24) is 4.90 Å². The molecule has 0 bridgehead atoms. The summed E-state index contributed by atoms with van der Waals surface area (Å²) in [5.74, 6) is -0.0108. The molecule has 2 aromatic carbocycles. The summed E-state index contributed by atoms with van der Waals surface area (Å²) in [6, 6.07) is 16.3. The molecule has 1 fully saturated rings. The van der Waals surface area contributed by atoms with Crippen LogP contribution in [-0.4, -0.2) is 55.1 Å². The van der Waals surface area contributed by atoms with Crippen molar-refractivity contribution in [2.24, 2.45) is 0 Å². The minimum atomic E-state index is -0.343. The summed E-state index contributed by atoms with van der Waals surface area (Å²) in [5.41, 5.74) is 3.29. The van der Waals surface area contributed by atoms with Gasteiger partial charge in [0.25, 0.3) is 0 Å². The molecule has 0 aromatic heterocycles. The number of ether oxygens (including phenoxy) is 1. The number of nitrogens with one attached hydrogen (secondary N) is 1. The molecule has 2 amide bonds. The van der Waals surface area contributed by atoms with Crippen LogP contribution in [0.1, 0.15) is 45.2 Å². The van der Waals surface area contributed by atoms with Crippen molar-refractivity contribution in [1.29, 1.82) is 0 Å². The van der Waals surface area contributed by atoms with Gasteiger partial charge in [0.15, 0.2) is 0 Å². The lowest BCUT2D eigenvalue weighted by atomic mass is 9.65. The van der Waals surface area contributed by atoms with Crippen molar-refractivity contribution in [3.05, 3.63) is 59.7 Å². The van der Waals surface area contributed by atoms with E-state index in [1.807, 2.05) is 29.2 Å². The zero-order chi connectivity index (χ0) is 22.9. The molecule has 0 spiro atoms. The van der Waals surface area contributed by atoms with Gasteiger partial charge in [-0.2, -0.15) is 0 Å². The van der Waals surface area contributed by atoms with Gasteiger partial charge in [0.2, 0.25) is 11.8 Å². The minimum Gasteiger partial charge on any atom is -0.379 e. The number of amides is 2. The number of rotatable bonds is 4. The quantitative estimate of drug-likeness (QED) is 0.794. The Labute approximate surface area is 190 Å². The van der Waals surface area contributed by atoms with Gasteiger partial charge in [-0.3, -0.25) is 14.5 Å². The summed E-state index contributed by atoms with van der Waals surface area (Å²) in [5, 5.41) is 3.07. The number of carbonyl (C=O) groups excluding carboxylic acids is 2. The number of carbonyl (C=O) groups is 2. The Morgan fingerprint density at radius 2 is 1.72 bits per heavy atom. The molecule has 1 N–H and O–H groups in total. The Balaban J connectivity index is 1.70. The first-order valence-corrected chi connectivity index (χ1v) is 11.3. The van der Waals surface area contributed by atoms with Crippen molar-refractivity contribution >= 4 is 23.2 Å². The van der Waals surface area contributed by atoms with Gasteiger partial charge < -0.3 is 15.0 Å². The standard InChI is InChI=1S/C26H33N3O3/c1-19(30)29-23-11-10-21(27-24(31)17-28-12-14-32-15-13-28)16-22(23)26(4,18-25(29,2)3)20-8-6-5-7-9-20/h5-11,16H,12-15,17-18H2,1-4H3,(H,27,31). The van der Waals surface area contributed by atoms with Crippen LogP contribution in [0.2, 0.25) is 0 Å². The molecule has 32 heavy (non-hydrogen) atoms. The molecular weight excluding hydrogens is 402 g/mol. The Morgan fingerprint density at radius 3 is 2.38 bits per heavy atom. The van der Waals surface area contributed by atoms with Crippen LogP contribution in [0.3, 0.4) is 0 Å². The molecule has 0 aliphatic carbocycles. The second kappa shape index (κ2) is 8.68. The SMILES string of the molecule is CC(=O)N1c2ccc(NC(=O)CN3CCOCC3)cc2C(C)(c2ccccc2)CC1(C)C. The molecule has 6 heteroatoms. The van der Waals surface area contributed by atoms with Gasteiger partial charge in [-0.25, -0.2) is 0 Å². The Bertz CT molecular complexity index is 999. The maximum Gasteiger partial charge on any atom is 0.238 e. The van der Waals surface area contributed by atoms with Crippen LogP contribution in [-0.2, 0) is 19.7 Å². The second-order valence-electron chi connectivity index (χ2n) is 9.71. The summed E-state index contributed by atoms with van der Waals surface area (Å²) in [4.78, 5) is 29.3. The van der Waals surface area contributed by atoms with E-state index in [9.17, 15) is 9.59 Å². The molecule has 0 saturated carbocycles. The molecule has 2 aliphatic heterocycles. The van der Waals surface area contributed by atoms with Crippen LogP contribution >= 0.6 is 0 Å². The minimum absolute atomic E-state index is 0.0236. The molecule has 2 aliphatic rings. The van der Waals surface area contributed by atoms with Crippen LogP contribution in [0.5, 0.6) is 0 Å². The van der Waals surface area contributed by atoms with E-state index in [0.717, 1.165) is 36.4 Å². The first-order valence-electron chi connectivity index (χ1n) is 11.3. The number of morpholine rings is 1. The Morgan fingerprint density at radius 1 is 1.03 bits per heavy atom. The number of benzene rings is 2. The van der Waals surface area contributed by atoms with Crippen LogP contribution in [0.15, 0.2) is 48.5 Å². The average Bonchev–Trinajstić information content (AvgIpc) is 2.74. The number of fused-ring (bicyclic) bond motifs is 1. The zero-order valence-electron chi connectivity index (χ0n) is 19.5. The highest BCUT2D eigenvalue weighted by atomic mass is 16.5. The van der Waals surface area contributed by atoms with Gasteiger partial charge in [0.05, 0.1) is 19.8 Å². The van der Waals surface area contributed by atoms with E-state index in [4.69, 9.17) is 4.74 Å². The number of nitrogens with zero attached hydrogens (tertiary/aromatic N) is 2. The van der Waals surface area contributed by atoms with E-state index in [1.54, 1.807) is 6.92 Å². The highest BCUT2D eigenvalue weighted by Gasteiger charge is 2.47. The second-order valence-corrected chi connectivity index (χ2v) is 9.71. The molecule has 2 heterocycles. The van der Waals surface area contributed by atoms with Crippen molar-refractivity contribution in [2.75, 3.05) is 43.1 Å². The maximum atomic E-state index is 12.7. The lowest BCUT2D eigenvalue weighted by Crippen LogP contribution is -2.55. The van der Waals surface area contributed by atoms with Crippen LogP contribution < -0.4 is 10.2 Å². The van der Waals surface area contributed by atoms with Gasteiger partial charge in [0, 0.05) is 42.3 Å². The van der Waals surface area contributed by atoms with Gasteiger partial charge in [-0.1, -0.05) is 37.3 Å². The fourth-order valence-corrected chi connectivity index (χ4v) is 5.44. The third-order valence-corrected chi connectivity index (χ3v) is 6.70. The van der Waals surface area contributed by atoms with Gasteiger partial charge >= 0.3 is 0 Å². The Kier molecular flexibility index (Phi) is 6.10. The van der Waals surface area contributed by atoms with E-state index in [0.29, 0.717) is 19.8 Å². The van der Waals surface area contributed by atoms with E-state index in [1.165, 1.54) is 5.56 Å². The molecule has 170 valence electrons. The molecule has 6 nitrogen and oxygen atoms in total. The normalized spacial score (nSPS) is 22.8. The van der Waals surface area contributed by atoms with E-state index in [-0.39, 0.29) is 22.8 Å². The van der Waals surface area contributed by atoms with Gasteiger partial charge in [-0.05, 0) is 49.6 Å². The molecule has 4 rings (SSSR count). The van der Waals surface area contributed by atoms with E-state index < -0.39 is 0 Å². The third-order valence-electron chi connectivity index (χ3n) is 6.70. The number of anilines is 2. The van der Waals surface area contributed by atoms with Gasteiger partial charge in [-0.15, -0.1) is 0 Å². The van der Waals surface area contributed by atoms with Gasteiger partial charge in [0.1, 0.15) is 0 Å². The van der Waals surface area contributed by atoms with Crippen LogP contribution in [0.25, 0.3) is 0 Å². The summed E-state index contributed by atoms with van der Waals surface area (Å²) < 4.78 is 5.37. The molecule has 0 radical (unpaired) electrons. The fourth-order valence-electron chi connectivity index (χ4n) is 5.44. The summed E-state index contributed by atoms with van der Waals surface area (Å²) >= 11 is 0. The molecule has 1 unspecified atom stereocenters. The average molecular weight is 436 g/mol. The van der Waals surface area contributed by atoms with Crippen molar-refractivity contribution in [3.8, 4) is 0 Å². The van der Waals surface area contributed by atoms with Crippen LogP contribution in [0.4, 0.5) is 11.4 Å². The lowest BCUT2D eigenvalue weighted by molar-refractivity contribution is -0.119. The lowest BCUT2D eigenvalue weighted by Gasteiger charge is -2.51. The van der Waals surface area contributed by atoms with E-state index >= 15 is 0 Å². The zero-order valence-corrected chi connectivity index (χ0v) is 19.5. The summed E-state index contributed by atoms with van der Waals surface area (Å²) in [6.45, 7) is 11.3. The molecular formula is C26H33N3O3. The van der Waals surface area contributed by atoms with Crippen molar-refractivity contribution < 1.29 is 14.3 Å². The van der Waals surface area contributed by atoms with E-state index in [2.05, 4.69) is 55.3 Å². The topological polar surface area (TPSA) is 61.9 Å². The largest absolute Gasteiger partial charge is 0.379 e. The highest BCUT2D eigenvalue weighted by Crippen LogP contribution is 2.51. The molecule has 1 saturated heterocycles. The number of hydrogen-bond acceptors (Lipinski definition) is 4. The monoisotopic (exact) mass is 435 g/mol. The smallest absolute Gasteiger partial charge is 0.238 e. The molecule has 1 atom stereocenters. The predicted octanol–water partition coefficient (Wildman–Crippen LogP) is 3.80. The summed E-state index contributed by atoms with van der Waals surface area (Å²) in [7, 11) is 0. The van der Waals surface area contributed by atoms with Crippen molar-refractivity contribution in [3.63, 3.8) is 0 Å². The maximum absolute atomic E-state index is 12.7. The molecule has 2 aromatic rings. The number of hydrogen-bond donors (Lipinski definition) is 1. The van der Waals surface area contributed by atoms with Crippen LogP contribution in [0, 0.1) is 0 Å². The predicted molar refractivity (Wildman–Crippen MR) is 127 cm³/mol. The first kappa shape index (κ1) is 22.5. The first-order chi connectivity index (χ1) is 15.2. The third kappa shape index (κ3) is 4.30. The highest BCUT2D eigenvalue weighted by molar-refractivity contribution is 5.97.